The Morgan fingerprint density at radius 1 is 1.03 bits per heavy atom. The highest BCUT2D eigenvalue weighted by atomic mass is 32.1. The van der Waals surface area contributed by atoms with Gasteiger partial charge >= 0.3 is 0 Å². The van der Waals surface area contributed by atoms with E-state index in [1.165, 1.54) is 0 Å². The molecule has 9 heteroatoms. The van der Waals surface area contributed by atoms with Crippen LogP contribution in [0.1, 0.15) is 17.3 Å². The summed E-state index contributed by atoms with van der Waals surface area (Å²) in [4.78, 5) is 24.6. The number of nitrogens with zero attached hydrogens (tertiary/aromatic N) is 1. The SMILES string of the molecule is CCOCCOc1cccc(C(=O)NC(=S)NNC(=O)Cn2ccc3ccccc32)c1. The summed E-state index contributed by atoms with van der Waals surface area (Å²) in [7, 11) is 0. The molecular formula is C22H24N4O4S. The van der Waals surface area contributed by atoms with Crippen LogP contribution in [0.4, 0.5) is 0 Å². The van der Waals surface area contributed by atoms with Crippen LogP contribution in [-0.2, 0) is 16.1 Å². The second-order valence-corrected chi connectivity index (χ2v) is 6.94. The van der Waals surface area contributed by atoms with Gasteiger partial charge in [-0.25, -0.2) is 0 Å². The minimum Gasteiger partial charge on any atom is -0.491 e. The molecule has 162 valence electrons. The Hall–Kier alpha value is -3.43. The summed E-state index contributed by atoms with van der Waals surface area (Å²) in [5.74, 6) is -0.167. The van der Waals surface area contributed by atoms with Gasteiger partial charge in [0.05, 0.1) is 6.61 Å². The van der Waals surface area contributed by atoms with E-state index < -0.39 is 5.91 Å². The second-order valence-electron chi connectivity index (χ2n) is 6.53. The average Bonchev–Trinajstić information content (AvgIpc) is 3.18. The predicted octanol–water partition coefficient (Wildman–Crippen LogP) is 2.39. The number of benzene rings is 2. The van der Waals surface area contributed by atoms with Crippen LogP contribution in [0.25, 0.3) is 10.9 Å². The summed E-state index contributed by atoms with van der Waals surface area (Å²) in [6.07, 6.45) is 1.84. The van der Waals surface area contributed by atoms with Gasteiger partial charge < -0.3 is 14.0 Å². The first kappa shape index (κ1) is 22.3. The van der Waals surface area contributed by atoms with Crippen LogP contribution in [0.3, 0.4) is 0 Å². The molecule has 0 saturated heterocycles. The lowest BCUT2D eigenvalue weighted by Crippen LogP contribution is -2.49. The Balaban J connectivity index is 1.45. The van der Waals surface area contributed by atoms with Gasteiger partial charge in [0.2, 0.25) is 0 Å². The maximum atomic E-state index is 12.4. The zero-order valence-electron chi connectivity index (χ0n) is 17.1. The number of hydrogen-bond donors (Lipinski definition) is 3. The Morgan fingerprint density at radius 2 is 1.87 bits per heavy atom. The molecule has 2 aromatic carbocycles. The molecule has 3 rings (SSSR count). The van der Waals surface area contributed by atoms with Gasteiger partial charge in [0.1, 0.15) is 18.9 Å². The first-order chi connectivity index (χ1) is 15.1. The molecule has 31 heavy (non-hydrogen) atoms. The van der Waals surface area contributed by atoms with E-state index in [-0.39, 0.29) is 17.6 Å². The quantitative estimate of drug-likeness (QED) is 0.283. The number of ether oxygens (including phenoxy) is 2. The van der Waals surface area contributed by atoms with Gasteiger partial charge in [0.15, 0.2) is 5.11 Å². The summed E-state index contributed by atoms with van der Waals surface area (Å²) in [6.45, 7) is 3.50. The molecule has 8 nitrogen and oxygen atoms in total. The molecule has 0 bridgehead atoms. The molecule has 0 saturated carbocycles. The zero-order valence-corrected chi connectivity index (χ0v) is 17.9. The molecule has 3 N–H and O–H groups in total. The van der Waals surface area contributed by atoms with Crippen LogP contribution in [0.2, 0.25) is 0 Å². The smallest absolute Gasteiger partial charge is 0.258 e. The van der Waals surface area contributed by atoms with E-state index >= 15 is 0 Å². The number of carbonyl (C=O) groups excluding carboxylic acids is 2. The third-order valence-corrected chi connectivity index (χ3v) is 4.54. The summed E-state index contributed by atoms with van der Waals surface area (Å²) in [6, 6.07) is 16.4. The van der Waals surface area contributed by atoms with Crippen molar-refractivity contribution >= 4 is 40.0 Å². The van der Waals surface area contributed by atoms with Crippen molar-refractivity contribution in [1.29, 1.82) is 0 Å². The molecular weight excluding hydrogens is 416 g/mol. The van der Waals surface area contributed by atoms with Crippen molar-refractivity contribution in [1.82, 2.24) is 20.7 Å². The Labute approximate surface area is 185 Å². The summed E-state index contributed by atoms with van der Waals surface area (Å²) in [5.41, 5.74) is 6.37. The van der Waals surface area contributed by atoms with E-state index in [4.69, 9.17) is 21.7 Å². The van der Waals surface area contributed by atoms with E-state index in [9.17, 15) is 9.59 Å². The van der Waals surface area contributed by atoms with Crippen LogP contribution >= 0.6 is 12.2 Å². The number of aromatic nitrogens is 1. The first-order valence-corrected chi connectivity index (χ1v) is 10.2. The van der Waals surface area contributed by atoms with Gasteiger partial charge in [-0.15, -0.1) is 0 Å². The van der Waals surface area contributed by atoms with E-state index in [0.717, 1.165) is 10.9 Å². The highest BCUT2D eigenvalue weighted by Gasteiger charge is 2.10. The molecule has 0 atom stereocenters. The van der Waals surface area contributed by atoms with Crippen LogP contribution in [-0.4, -0.2) is 41.3 Å². The lowest BCUT2D eigenvalue weighted by Gasteiger charge is -2.12. The van der Waals surface area contributed by atoms with Crippen molar-refractivity contribution in [3.63, 3.8) is 0 Å². The van der Waals surface area contributed by atoms with Crippen molar-refractivity contribution in [3.8, 4) is 5.75 Å². The van der Waals surface area contributed by atoms with Crippen LogP contribution in [0, 0.1) is 0 Å². The summed E-state index contributed by atoms with van der Waals surface area (Å²) < 4.78 is 12.6. The summed E-state index contributed by atoms with van der Waals surface area (Å²) in [5, 5.41) is 3.56. The van der Waals surface area contributed by atoms with Gasteiger partial charge in [0, 0.05) is 23.9 Å². The number of hydrogen-bond acceptors (Lipinski definition) is 5. The van der Waals surface area contributed by atoms with Crippen LogP contribution in [0.15, 0.2) is 60.8 Å². The molecule has 0 spiro atoms. The lowest BCUT2D eigenvalue weighted by atomic mass is 10.2. The monoisotopic (exact) mass is 440 g/mol. The average molecular weight is 441 g/mol. The third kappa shape index (κ3) is 6.53. The lowest BCUT2D eigenvalue weighted by molar-refractivity contribution is -0.122. The second kappa shape index (κ2) is 11.1. The summed E-state index contributed by atoms with van der Waals surface area (Å²) >= 11 is 5.09. The Kier molecular flexibility index (Phi) is 7.97. The number of fused-ring (bicyclic) bond motifs is 1. The molecule has 1 heterocycles. The number of para-hydroxylation sites is 1. The topological polar surface area (TPSA) is 93.6 Å². The fourth-order valence-electron chi connectivity index (χ4n) is 2.90. The van der Waals surface area contributed by atoms with Gasteiger partial charge in [-0.1, -0.05) is 24.3 Å². The number of carbonyl (C=O) groups is 2. The molecule has 0 aliphatic rings. The van der Waals surface area contributed by atoms with Gasteiger partial charge in [-0.05, 0) is 54.9 Å². The third-order valence-electron chi connectivity index (χ3n) is 4.33. The van der Waals surface area contributed by atoms with Crippen molar-refractivity contribution < 1.29 is 19.1 Å². The van der Waals surface area contributed by atoms with Crippen molar-refractivity contribution in [2.24, 2.45) is 0 Å². The maximum Gasteiger partial charge on any atom is 0.258 e. The van der Waals surface area contributed by atoms with E-state index in [0.29, 0.717) is 31.1 Å². The standard InChI is InChI=1S/C22H24N4O4S/c1-2-29-12-13-30-18-8-5-7-17(14-18)21(28)23-22(31)25-24-20(27)15-26-11-10-16-6-3-4-9-19(16)26/h3-11,14H,2,12-13,15H2,1H3,(H,24,27)(H2,23,25,28,31). The van der Waals surface area contributed by atoms with Crippen LogP contribution in [0.5, 0.6) is 5.75 Å². The largest absolute Gasteiger partial charge is 0.491 e. The minimum atomic E-state index is -0.418. The van der Waals surface area contributed by atoms with E-state index in [2.05, 4.69) is 16.2 Å². The fourth-order valence-corrected chi connectivity index (χ4v) is 3.04. The normalized spacial score (nSPS) is 10.5. The number of rotatable bonds is 8. The highest BCUT2D eigenvalue weighted by Crippen LogP contribution is 2.15. The zero-order chi connectivity index (χ0) is 22.1. The van der Waals surface area contributed by atoms with Crippen molar-refractivity contribution in [2.75, 3.05) is 19.8 Å². The maximum absolute atomic E-state index is 12.4. The van der Waals surface area contributed by atoms with Gasteiger partial charge in [0.25, 0.3) is 11.8 Å². The molecule has 0 radical (unpaired) electrons. The fraction of sp³-hybridized carbons (Fsp3) is 0.227. The molecule has 0 fully saturated rings. The molecule has 0 unspecified atom stereocenters. The number of nitrogens with one attached hydrogen (secondary N) is 3. The van der Waals surface area contributed by atoms with Gasteiger partial charge in [-0.3, -0.25) is 25.8 Å². The first-order valence-electron chi connectivity index (χ1n) is 9.81. The van der Waals surface area contributed by atoms with E-state index in [1.807, 2.05) is 48.0 Å². The molecule has 3 aromatic rings. The van der Waals surface area contributed by atoms with Crippen LogP contribution < -0.4 is 20.9 Å². The molecule has 0 aliphatic carbocycles. The predicted molar refractivity (Wildman–Crippen MR) is 122 cm³/mol. The Morgan fingerprint density at radius 3 is 2.71 bits per heavy atom. The van der Waals surface area contributed by atoms with E-state index in [1.54, 1.807) is 24.3 Å². The minimum absolute atomic E-state index is 0.0154. The number of thiocarbonyl (C=S) groups is 1. The molecule has 2 amide bonds. The number of hydrazine groups is 1. The highest BCUT2D eigenvalue weighted by molar-refractivity contribution is 7.80. The van der Waals surface area contributed by atoms with Gasteiger partial charge in [-0.2, -0.15) is 0 Å². The Bertz CT molecular complexity index is 1070. The van der Waals surface area contributed by atoms with Crippen molar-refractivity contribution in [3.05, 3.63) is 66.4 Å². The molecule has 0 aliphatic heterocycles. The molecule has 1 aromatic heterocycles. The number of amides is 2. The van der Waals surface area contributed by atoms with Crippen molar-refractivity contribution in [2.45, 2.75) is 13.5 Å².